The summed E-state index contributed by atoms with van der Waals surface area (Å²) in [4.78, 5) is 0. The van der Waals surface area contributed by atoms with Crippen molar-refractivity contribution in [1.29, 1.82) is 0 Å². The third-order valence-corrected chi connectivity index (χ3v) is 3.07. The first-order valence-electron chi connectivity index (χ1n) is 5.73. The van der Waals surface area contributed by atoms with Gasteiger partial charge in [-0.15, -0.1) is 0 Å². The lowest BCUT2D eigenvalue weighted by molar-refractivity contribution is 1.08. The first-order valence-corrected chi connectivity index (χ1v) is 6.49. The Morgan fingerprint density at radius 3 is 2.17 bits per heavy atom. The molecule has 0 fully saturated rings. The number of benzene rings is 2. The molecule has 2 N–H and O–H groups in total. The summed E-state index contributed by atoms with van der Waals surface area (Å²) in [5, 5.41) is 8.06. The van der Waals surface area contributed by atoms with Crippen LogP contribution >= 0.6 is 23.2 Å². The van der Waals surface area contributed by atoms with Crippen molar-refractivity contribution in [2.75, 3.05) is 23.7 Å². The summed E-state index contributed by atoms with van der Waals surface area (Å²) in [6, 6.07) is 15.4. The fourth-order valence-corrected chi connectivity index (χ4v) is 1.90. The van der Waals surface area contributed by atoms with Gasteiger partial charge >= 0.3 is 0 Å². The van der Waals surface area contributed by atoms with E-state index in [4.69, 9.17) is 23.2 Å². The monoisotopic (exact) mass is 280 g/mol. The van der Waals surface area contributed by atoms with Crippen molar-refractivity contribution in [2.45, 2.75) is 0 Å². The van der Waals surface area contributed by atoms with Crippen LogP contribution in [0.25, 0.3) is 0 Å². The van der Waals surface area contributed by atoms with Gasteiger partial charge in [0, 0.05) is 23.8 Å². The molecule has 0 aromatic heterocycles. The fourth-order valence-electron chi connectivity index (χ4n) is 1.58. The molecule has 18 heavy (non-hydrogen) atoms. The van der Waals surface area contributed by atoms with E-state index in [0.717, 1.165) is 34.5 Å². The summed E-state index contributed by atoms with van der Waals surface area (Å²) < 4.78 is 0. The quantitative estimate of drug-likeness (QED) is 0.787. The highest BCUT2D eigenvalue weighted by Crippen LogP contribution is 2.20. The van der Waals surface area contributed by atoms with Gasteiger partial charge in [0.1, 0.15) is 0 Å². The number of hydrogen-bond acceptors (Lipinski definition) is 2. The summed E-state index contributed by atoms with van der Waals surface area (Å²) in [6.07, 6.45) is 0. The molecule has 0 atom stereocenters. The summed E-state index contributed by atoms with van der Waals surface area (Å²) in [5.41, 5.74) is 2.01. The van der Waals surface area contributed by atoms with E-state index in [1.165, 1.54) is 0 Å². The molecular formula is C14H14Cl2N2. The van der Waals surface area contributed by atoms with Gasteiger partial charge in [0.25, 0.3) is 0 Å². The van der Waals surface area contributed by atoms with Crippen molar-refractivity contribution in [3.05, 3.63) is 58.6 Å². The van der Waals surface area contributed by atoms with E-state index in [9.17, 15) is 0 Å². The van der Waals surface area contributed by atoms with Crippen molar-refractivity contribution in [3.63, 3.8) is 0 Å². The van der Waals surface area contributed by atoms with Crippen LogP contribution in [0.4, 0.5) is 11.4 Å². The minimum Gasteiger partial charge on any atom is -0.383 e. The van der Waals surface area contributed by atoms with Crippen molar-refractivity contribution < 1.29 is 0 Å². The van der Waals surface area contributed by atoms with Gasteiger partial charge in [-0.3, -0.25) is 0 Å². The second-order valence-electron chi connectivity index (χ2n) is 3.84. The van der Waals surface area contributed by atoms with E-state index in [1.807, 2.05) is 48.5 Å². The fraction of sp³-hybridized carbons (Fsp3) is 0.143. The van der Waals surface area contributed by atoms with Crippen LogP contribution in [0.1, 0.15) is 0 Å². The van der Waals surface area contributed by atoms with Gasteiger partial charge < -0.3 is 10.6 Å². The highest BCUT2D eigenvalue weighted by molar-refractivity contribution is 6.33. The van der Waals surface area contributed by atoms with E-state index in [-0.39, 0.29) is 0 Å². The first kappa shape index (κ1) is 13.1. The van der Waals surface area contributed by atoms with Crippen LogP contribution in [0.5, 0.6) is 0 Å². The molecule has 0 saturated carbocycles. The minimum absolute atomic E-state index is 0.740. The normalized spacial score (nSPS) is 10.1. The molecule has 2 nitrogen and oxygen atoms in total. The maximum atomic E-state index is 6.04. The van der Waals surface area contributed by atoms with Gasteiger partial charge in [0.15, 0.2) is 0 Å². The van der Waals surface area contributed by atoms with Crippen molar-refractivity contribution in [2.24, 2.45) is 0 Å². The van der Waals surface area contributed by atoms with Gasteiger partial charge in [0.05, 0.1) is 10.7 Å². The van der Waals surface area contributed by atoms with Crippen LogP contribution in [0.2, 0.25) is 10.0 Å². The highest BCUT2D eigenvalue weighted by atomic mass is 35.5. The second-order valence-corrected chi connectivity index (χ2v) is 4.68. The molecule has 94 valence electrons. The molecule has 0 aliphatic carbocycles. The third kappa shape index (κ3) is 3.83. The summed E-state index contributed by atoms with van der Waals surface area (Å²) in [5.74, 6) is 0. The van der Waals surface area contributed by atoms with Crippen LogP contribution in [0.3, 0.4) is 0 Å². The lowest BCUT2D eigenvalue weighted by Crippen LogP contribution is -2.13. The molecular weight excluding hydrogens is 267 g/mol. The zero-order chi connectivity index (χ0) is 12.8. The molecule has 0 unspecified atom stereocenters. The predicted molar refractivity (Wildman–Crippen MR) is 79.9 cm³/mol. The van der Waals surface area contributed by atoms with Gasteiger partial charge in [-0.25, -0.2) is 0 Å². The molecule has 2 aromatic rings. The molecule has 2 aromatic carbocycles. The number of halogens is 2. The van der Waals surface area contributed by atoms with Crippen LogP contribution in [0, 0.1) is 0 Å². The van der Waals surface area contributed by atoms with E-state index in [2.05, 4.69) is 10.6 Å². The number of para-hydroxylation sites is 1. The van der Waals surface area contributed by atoms with Crippen molar-refractivity contribution in [1.82, 2.24) is 0 Å². The topological polar surface area (TPSA) is 24.1 Å². The lowest BCUT2D eigenvalue weighted by atomic mass is 10.3. The van der Waals surface area contributed by atoms with Gasteiger partial charge in [-0.05, 0) is 36.4 Å². The van der Waals surface area contributed by atoms with E-state index < -0.39 is 0 Å². The Hall–Kier alpha value is -1.38. The Balaban J connectivity index is 1.76. The Kier molecular flexibility index (Phi) is 4.73. The van der Waals surface area contributed by atoms with E-state index >= 15 is 0 Å². The largest absolute Gasteiger partial charge is 0.383 e. The van der Waals surface area contributed by atoms with E-state index in [0.29, 0.717) is 0 Å². The molecule has 4 heteroatoms. The van der Waals surface area contributed by atoms with E-state index in [1.54, 1.807) is 0 Å². The van der Waals surface area contributed by atoms with Crippen LogP contribution < -0.4 is 10.6 Å². The predicted octanol–water partition coefficient (Wildman–Crippen LogP) is 4.52. The third-order valence-electron chi connectivity index (χ3n) is 2.49. The second kappa shape index (κ2) is 6.53. The maximum Gasteiger partial charge on any atom is 0.0637 e. The van der Waals surface area contributed by atoms with Crippen molar-refractivity contribution >= 4 is 34.6 Å². The lowest BCUT2D eigenvalue weighted by Gasteiger charge is -2.10. The van der Waals surface area contributed by atoms with Gasteiger partial charge in [-0.1, -0.05) is 35.3 Å². The molecule has 0 spiro atoms. The summed E-state index contributed by atoms with van der Waals surface area (Å²) in [7, 11) is 0. The van der Waals surface area contributed by atoms with Crippen molar-refractivity contribution in [3.8, 4) is 0 Å². The minimum atomic E-state index is 0.740. The standard InChI is InChI=1S/C14H14Cl2N2/c15-11-5-7-12(8-6-11)17-9-10-18-14-4-2-1-3-13(14)16/h1-8,17-18H,9-10H2. The number of rotatable bonds is 5. The molecule has 0 saturated heterocycles. The Morgan fingerprint density at radius 2 is 1.44 bits per heavy atom. The maximum absolute atomic E-state index is 6.04. The molecule has 2 rings (SSSR count). The molecule has 0 amide bonds. The Bertz CT molecular complexity index is 497. The molecule has 0 bridgehead atoms. The number of anilines is 2. The zero-order valence-electron chi connectivity index (χ0n) is 9.79. The van der Waals surface area contributed by atoms with Gasteiger partial charge in [-0.2, -0.15) is 0 Å². The zero-order valence-corrected chi connectivity index (χ0v) is 11.3. The number of nitrogens with one attached hydrogen (secondary N) is 2. The SMILES string of the molecule is Clc1ccc(NCCNc2ccccc2Cl)cc1. The Morgan fingerprint density at radius 1 is 0.778 bits per heavy atom. The Labute approximate surface area is 117 Å². The van der Waals surface area contributed by atoms with Crippen LogP contribution in [-0.2, 0) is 0 Å². The van der Waals surface area contributed by atoms with Crippen LogP contribution in [-0.4, -0.2) is 13.1 Å². The first-order chi connectivity index (χ1) is 8.75. The molecule has 0 aliphatic heterocycles. The highest BCUT2D eigenvalue weighted by Gasteiger charge is 1.97. The average Bonchev–Trinajstić information content (AvgIpc) is 2.39. The average molecular weight is 281 g/mol. The van der Waals surface area contributed by atoms with Crippen LogP contribution in [0.15, 0.2) is 48.5 Å². The molecule has 0 radical (unpaired) electrons. The number of hydrogen-bond donors (Lipinski definition) is 2. The van der Waals surface area contributed by atoms with Gasteiger partial charge in [0.2, 0.25) is 0 Å². The molecule has 0 aliphatic rings. The summed E-state index contributed by atoms with van der Waals surface area (Å²) >= 11 is 11.9. The smallest absolute Gasteiger partial charge is 0.0637 e. The molecule has 0 heterocycles. The summed E-state index contributed by atoms with van der Waals surface area (Å²) in [6.45, 7) is 1.61.